The summed E-state index contributed by atoms with van der Waals surface area (Å²) in [5, 5.41) is 2.75. The summed E-state index contributed by atoms with van der Waals surface area (Å²) in [7, 11) is 0. The van der Waals surface area contributed by atoms with Crippen LogP contribution in [0.15, 0.2) is 60.7 Å². The van der Waals surface area contributed by atoms with Gasteiger partial charge in [-0.3, -0.25) is 9.69 Å². The van der Waals surface area contributed by atoms with E-state index in [9.17, 15) is 9.59 Å². The number of hydrogen-bond acceptors (Lipinski definition) is 7. The molecule has 1 N–H and O–H groups in total. The summed E-state index contributed by atoms with van der Waals surface area (Å²) in [5.41, 5.74) is 2.84. The fraction of sp³-hybridized carbons (Fsp3) is 0.459. The van der Waals surface area contributed by atoms with Gasteiger partial charge in [-0.15, -0.1) is 0 Å². The average molecular weight is 635 g/mol. The number of para-hydroxylation sites is 1. The monoisotopic (exact) mass is 634 g/mol. The number of halogens is 1. The minimum Gasteiger partial charge on any atom is -0.489 e. The highest BCUT2D eigenvalue weighted by Crippen LogP contribution is 2.31. The van der Waals surface area contributed by atoms with E-state index in [4.69, 9.17) is 18.9 Å². The van der Waals surface area contributed by atoms with Gasteiger partial charge in [0.15, 0.2) is 0 Å². The highest BCUT2D eigenvalue weighted by atomic mass is 19.1. The summed E-state index contributed by atoms with van der Waals surface area (Å²) in [4.78, 5) is 27.3. The Labute approximate surface area is 272 Å². The minimum atomic E-state index is -0.667. The molecule has 3 aromatic carbocycles. The Bertz CT molecular complexity index is 1500. The average Bonchev–Trinajstić information content (AvgIpc) is 2.95. The highest BCUT2D eigenvalue weighted by Gasteiger charge is 2.22. The normalized spacial score (nSPS) is 14.8. The number of hydrogen-bond donors (Lipinski definition) is 1. The number of nitrogens with one attached hydrogen (secondary N) is 1. The predicted octanol–water partition coefficient (Wildman–Crippen LogP) is 7.37. The Balaban J connectivity index is 1.61. The molecule has 1 aliphatic heterocycles. The largest absolute Gasteiger partial charge is 0.489 e. The van der Waals surface area contributed by atoms with Crippen LogP contribution in [-0.2, 0) is 38.6 Å². The maximum atomic E-state index is 16.2. The molecule has 4 rings (SSSR count). The Morgan fingerprint density at radius 3 is 2.28 bits per heavy atom. The van der Waals surface area contributed by atoms with Gasteiger partial charge in [0.05, 0.1) is 25.7 Å². The standard InChI is InChI=1S/C37H47FN2O6/c1-25(39-35(42)46-37(5,6)7)30-12-10-13-31(34(30)38)29-20-26(23-40-15-17-43-18-16-40)19-27(21-29)24-44-32-14-9-8-11-28(32)22-33(41)45-36(2,3)4/h8-14,19-21,25H,15-18,22-24H2,1-7H3,(H,39,42)/t25-/m1/s1. The molecular weight excluding hydrogens is 587 g/mol. The topological polar surface area (TPSA) is 86.3 Å². The lowest BCUT2D eigenvalue weighted by molar-refractivity contribution is -0.153. The molecular formula is C37H47FN2O6. The summed E-state index contributed by atoms with van der Waals surface area (Å²) in [6.45, 7) is 16.4. The Morgan fingerprint density at radius 2 is 1.59 bits per heavy atom. The molecule has 1 saturated heterocycles. The first-order chi connectivity index (χ1) is 21.7. The third kappa shape index (κ3) is 10.6. The van der Waals surface area contributed by atoms with E-state index in [0.717, 1.165) is 29.8 Å². The number of morpholine rings is 1. The van der Waals surface area contributed by atoms with Gasteiger partial charge in [-0.25, -0.2) is 9.18 Å². The molecule has 0 aliphatic carbocycles. The van der Waals surface area contributed by atoms with Crippen molar-refractivity contribution in [3.63, 3.8) is 0 Å². The number of benzene rings is 3. The van der Waals surface area contributed by atoms with Crippen LogP contribution in [0.5, 0.6) is 5.75 Å². The van der Waals surface area contributed by atoms with Crippen LogP contribution in [0.25, 0.3) is 11.1 Å². The molecule has 0 bridgehead atoms. The maximum Gasteiger partial charge on any atom is 0.408 e. The quantitative estimate of drug-likeness (QED) is 0.233. The van der Waals surface area contributed by atoms with E-state index in [1.165, 1.54) is 0 Å². The third-order valence-electron chi connectivity index (χ3n) is 7.22. The van der Waals surface area contributed by atoms with Gasteiger partial charge in [-0.1, -0.05) is 42.5 Å². The fourth-order valence-corrected chi connectivity index (χ4v) is 5.26. The number of esters is 1. The van der Waals surface area contributed by atoms with Crippen LogP contribution in [0.1, 0.15) is 76.8 Å². The number of amides is 1. The zero-order valence-corrected chi connectivity index (χ0v) is 28.1. The van der Waals surface area contributed by atoms with Gasteiger partial charge >= 0.3 is 12.1 Å². The molecule has 0 unspecified atom stereocenters. The van der Waals surface area contributed by atoms with Crippen LogP contribution < -0.4 is 10.1 Å². The summed E-state index contributed by atoms with van der Waals surface area (Å²) in [5.74, 6) is -0.156. The highest BCUT2D eigenvalue weighted by molar-refractivity contribution is 5.74. The van der Waals surface area contributed by atoms with Crippen molar-refractivity contribution in [2.45, 2.75) is 85.3 Å². The SMILES string of the molecule is C[C@@H](NC(=O)OC(C)(C)C)c1cccc(-c2cc(COc3ccccc3CC(=O)OC(C)(C)C)cc(CN3CCOCC3)c2)c1F. The molecule has 8 nitrogen and oxygen atoms in total. The minimum absolute atomic E-state index is 0.0866. The van der Waals surface area contributed by atoms with Crippen molar-refractivity contribution < 1.29 is 32.9 Å². The molecule has 1 amide bonds. The van der Waals surface area contributed by atoms with E-state index in [1.54, 1.807) is 45.9 Å². The molecule has 248 valence electrons. The number of alkyl carbamates (subject to hydrolysis) is 1. The van der Waals surface area contributed by atoms with Crippen molar-refractivity contribution in [2.24, 2.45) is 0 Å². The van der Waals surface area contributed by atoms with E-state index < -0.39 is 29.2 Å². The van der Waals surface area contributed by atoms with Crippen molar-refractivity contribution in [1.29, 1.82) is 0 Å². The lowest BCUT2D eigenvalue weighted by Gasteiger charge is -2.27. The van der Waals surface area contributed by atoms with E-state index in [1.807, 2.05) is 57.2 Å². The zero-order chi connectivity index (χ0) is 33.5. The Hall–Kier alpha value is -3.95. The molecule has 0 radical (unpaired) electrons. The van der Waals surface area contributed by atoms with Gasteiger partial charge in [0.25, 0.3) is 0 Å². The number of carbonyl (C=O) groups excluding carboxylic acids is 2. The Morgan fingerprint density at radius 1 is 0.913 bits per heavy atom. The molecule has 9 heteroatoms. The third-order valence-corrected chi connectivity index (χ3v) is 7.22. The first-order valence-corrected chi connectivity index (χ1v) is 15.8. The smallest absolute Gasteiger partial charge is 0.408 e. The fourth-order valence-electron chi connectivity index (χ4n) is 5.26. The first kappa shape index (κ1) is 34.9. The second-order valence-electron chi connectivity index (χ2n) is 13.7. The number of rotatable bonds is 10. The van der Waals surface area contributed by atoms with Gasteiger partial charge in [0.2, 0.25) is 0 Å². The summed E-state index contributed by atoms with van der Waals surface area (Å²) in [6.07, 6.45) is -0.521. The molecule has 0 spiro atoms. The van der Waals surface area contributed by atoms with Gasteiger partial charge in [0.1, 0.15) is 29.4 Å². The van der Waals surface area contributed by atoms with Crippen LogP contribution in [0.4, 0.5) is 9.18 Å². The summed E-state index contributed by atoms with van der Waals surface area (Å²) in [6, 6.07) is 18.0. The lowest BCUT2D eigenvalue weighted by Crippen LogP contribution is -2.35. The van der Waals surface area contributed by atoms with Crippen molar-refractivity contribution in [2.75, 3.05) is 26.3 Å². The lowest BCUT2D eigenvalue weighted by atomic mass is 9.95. The molecule has 0 aromatic heterocycles. The predicted molar refractivity (Wildman–Crippen MR) is 176 cm³/mol. The number of ether oxygens (including phenoxy) is 4. The molecule has 0 saturated carbocycles. The van der Waals surface area contributed by atoms with Crippen LogP contribution in [0.3, 0.4) is 0 Å². The number of carbonyl (C=O) groups is 2. The maximum absolute atomic E-state index is 16.2. The van der Waals surface area contributed by atoms with E-state index in [0.29, 0.717) is 42.2 Å². The zero-order valence-electron chi connectivity index (χ0n) is 28.1. The van der Waals surface area contributed by atoms with E-state index in [-0.39, 0.29) is 19.0 Å². The first-order valence-electron chi connectivity index (χ1n) is 15.8. The van der Waals surface area contributed by atoms with Crippen molar-refractivity contribution in [3.05, 3.63) is 88.7 Å². The molecule has 1 aliphatic rings. The second kappa shape index (κ2) is 15.1. The summed E-state index contributed by atoms with van der Waals surface area (Å²) >= 11 is 0. The Kier molecular flexibility index (Phi) is 11.5. The van der Waals surface area contributed by atoms with Crippen LogP contribution in [0, 0.1) is 5.82 Å². The van der Waals surface area contributed by atoms with Crippen LogP contribution in [-0.4, -0.2) is 54.5 Å². The molecule has 46 heavy (non-hydrogen) atoms. The van der Waals surface area contributed by atoms with Crippen molar-refractivity contribution in [3.8, 4) is 16.9 Å². The number of nitrogens with zero attached hydrogens (tertiary/aromatic N) is 1. The van der Waals surface area contributed by atoms with Gasteiger partial charge in [0, 0.05) is 36.3 Å². The summed E-state index contributed by atoms with van der Waals surface area (Å²) < 4.78 is 38.9. The molecule has 3 aromatic rings. The van der Waals surface area contributed by atoms with Gasteiger partial charge < -0.3 is 24.3 Å². The van der Waals surface area contributed by atoms with Gasteiger partial charge in [-0.05, 0) is 83.4 Å². The molecule has 1 fully saturated rings. The molecule has 1 heterocycles. The van der Waals surface area contributed by atoms with E-state index >= 15 is 4.39 Å². The molecule has 1 atom stereocenters. The van der Waals surface area contributed by atoms with Crippen LogP contribution in [0.2, 0.25) is 0 Å². The van der Waals surface area contributed by atoms with Crippen LogP contribution >= 0.6 is 0 Å². The van der Waals surface area contributed by atoms with Gasteiger partial charge in [-0.2, -0.15) is 0 Å². The van der Waals surface area contributed by atoms with E-state index in [2.05, 4.69) is 16.3 Å². The van der Waals surface area contributed by atoms with Crippen molar-refractivity contribution in [1.82, 2.24) is 10.2 Å². The van der Waals surface area contributed by atoms with Crippen molar-refractivity contribution >= 4 is 12.1 Å². The second-order valence-corrected chi connectivity index (χ2v) is 13.7.